The second-order valence-corrected chi connectivity index (χ2v) is 4.21. The standard InChI is InChI=1S/C13H18N2O2.C2H6/c1-17-13-10(9-16)3-2-4-12(13)15-11-5-7-14-8-6-11;1-2/h2-4,9,11,14-15H,5-8H2,1H3;1-2H3. The van der Waals surface area contributed by atoms with E-state index in [0.29, 0.717) is 17.4 Å². The molecule has 1 aliphatic heterocycles. The zero-order valence-corrected chi connectivity index (χ0v) is 12.0. The number of hydrogen-bond donors (Lipinski definition) is 2. The fourth-order valence-corrected chi connectivity index (χ4v) is 2.18. The molecule has 4 nitrogen and oxygen atoms in total. The van der Waals surface area contributed by atoms with E-state index < -0.39 is 0 Å². The lowest BCUT2D eigenvalue weighted by molar-refractivity contribution is 0.112. The smallest absolute Gasteiger partial charge is 0.153 e. The summed E-state index contributed by atoms with van der Waals surface area (Å²) in [5.74, 6) is 0.640. The van der Waals surface area contributed by atoms with E-state index >= 15 is 0 Å². The van der Waals surface area contributed by atoms with Gasteiger partial charge in [0.15, 0.2) is 12.0 Å². The first kappa shape index (κ1) is 15.5. The molecule has 0 radical (unpaired) electrons. The normalized spacial score (nSPS) is 15.1. The SMILES string of the molecule is CC.COc1c(C=O)cccc1NC1CCNCC1. The van der Waals surface area contributed by atoms with E-state index in [2.05, 4.69) is 10.6 Å². The number of aldehydes is 1. The van der Waals surface area contributed by atoms with Gasteiger partial charge in [0.2, 0.25) is 0 Å². The zero-order valence-electron chi connectivity index (χ0n) is 12.0. The first-order valence-corrected chi connectivity index (χ1v) is 6.94. The first-order chi connectivity index (χ1) is 9.35. The molecule has 2 N–H and O–H groups in total. The van der Waals surface area contributed by atoms with Gasteiger partial charge in [0.25, 0.3) is 0 Å². The topological polar surface area (TPSA) is 50.4 Å². The highest BCUT2D eigenvalue weighted by atomic mass is 16.5. The maximum Gasteiger partial charge on any atom is 0.153 e. The molecule has 4 heteroatoms. The lowest BCUT2D eigenvalue weighted by Crippen LogP contribution is -2.35. The molecular formula is C15H24N2O2. The molecule has 1 fully saturated rings. The predicted molar refractivity (Wildman–Crippen MR) is 79.2 cm³/mol. The highest BCUT2D eigenvalue weighted by Crippen LogP contribution is 2.29. The summed E-state index contributed by atoms with van der Waals surface area (Å²) in [6.45, 7) is 6.07. The quantitative estimate of drug-likeness (QED) is 0.821. The third kappa shape index (κ3) is 4.24. The van der Waals surface area contributed by atoms with Gasteiger partial charge in [0, 0.05) is 6.04 Å². The molecule has 0 bridgehead atoms. The molecular weight excluding hydrogens is 240 g/mol. The summed E-state index contributed by atoms with van der Waals surface area (Å²) in [6, 6.07) is 6.04. The molecule has 0 unspecified atom stereocenters. The van der Waals surface area contributed by atoms with Crippen molar-refractivity contribution in [1.82, 2.24) is 5.32 Å². The lowest BCUT2D eigenvalue weighted by atomic mass is 10.1. The van der Waals surface area contributed by atoms with Gasteiger partial charge in [0.1, 0.15) is 0 Å². The van der Waals surface area contributed by atoms with Crippen LogP contribution < -0.4 is 15.4 Å². The Kier molecular flexibility index (Phi) is 6.97. The third-order valence-electron chi connectivity index (χ3n) is 3.08. The molecule has 0 atom stereocenters. The van der Waals surface area contributed by atoms with Crippen LogP contribution >= 0.6 is 0 Å². The summed E-state index contributed by atoms with van der Waals surface area (Å²) in [6.07, 6.45) is 3.01. The summed E-state index contributed by atoms with van der Waals surface area (Å²) in [4.78, 5) is 10.9. The number of hydrogen-bond acceptors (Lipinski definition) is 4. The van der Waals surface area contributed by atoms with Crippen molar-refractivity contribution in [3.63, 3.8) is 0 Å². The summed E-state index contributed by atoms with van der Waals surface area (Å²) < 4.78 is 5.30. The van der Waals surface area contributed by atoms with Crippen LogP contribution in [-0.4, -0.2) is 32.5 Å². The van der Waals surface area contributed by atoms with Crippen LogP contribution in [0.4, 0.5) is 5.69 Å². The average molecular weight is 264 g/mol. The van der Waals surface area contributed by atoms with Crippen LogP contribution in [0.1, 0.15) is 37.0 Å². The summed E-state index contributed by atoms with van der Waals surface area (Å²) in [5, 5.41) is 6.78. The lowest BCUT2D eigenvalue weighted by Gasteiger charge is -2.25. The van der Waals surface area contributed by atoms with E-state index in [4.69, 9.17) is 4.74 Å². The van der Waals surface area contributed by atoms with Crippen LogP contribution in [-0.2, 0) is 0 Å². The number of piperidine rings is 1. The van der Waals surface area contributed by atoms with Crippen LogP contribution in [0.15, 0.2) is 18.2 Å². The molecule has 1 saturated heterocycles. The van der Waals surface area contributed by atoms with Crippen LogP contribution in [0.25, 0.3) is 0 Å². The monoisotopic (exact) mass is 264 g/mol. The van der Waals surface area contributed by atoms with Crippen molar-refractivity contribution >= 4 is 12.0 Å². The van der Waals surface area contributed by atoms with Gasteiger partial charge in [-0.15, -0.1) is 0 Å². The molecule has 1 heterocycles. The molecule has 1 aromatic carbocycles. The van der Waals surface area contributed by atoms with Crippen molar-refractivity contribution in [3.8, 4) is 5.75 Å². The average Bonchev–Trinajstić information content (AvgIpc) is 2.50. The molecule has 2 rings (SSSR count). The van der Waals surface area contributed by atoms with Gasteiger partial charge in [-0.3, -0.25) is 4.79 Å². The molecule has 1 aromatic rings. The highest BCUT2D eigenvalue weighted by Gasteiger charge is 2.15. The Morgan fingerprint density at radius 1 is 1.32 bits per heavy atom. The Hall–Kier alpha value is -1.55. The van der Waals surface area contributed by atoms with Crippen molar-refractivity contribution in [2.45, 2.75) is 32.7 Å². The third-order valence-corrected chi connectivity index (χ3v) is 3.08. The minimum absolute atomic E-state index is 0.451. The fraction of sp³-hybridized carbons (Fsp3) is 0.533. The van der Waals surface area contributed by atoms with E-state index in [-0.39, 0.29) is 0 Å². The molecule has 0 amide bonds. The van der Waals surface area contributed by atoms with Crippen LogP contribution in [0.3, 0.4) is 0 Å². The van der Waals surface area contributed by atoms with E-state index in [1.807, 2.05) is 26.0 Å². The van der Waals surface area contributed by atoms with E-state index in [9.17, 15) is 4.79 Å². The van der Waals surface area contributed by atoms with E-state index in [1.54, 1.807) is 13.2 Å². The maximum absolute atomic E-state index is 10.9. The second kappa shape index (κ2) is 8.53. The number of ether oxygens (including phenoxy) is 1. The van der Waals surface area contributed by atoms with Crippen LogP contribution in [0.5, 0.6) is 5.75 Å². The van der Waals surface area contributed by atoms with Crippen molar-refractivity contribution < 1.29 is 9.53 Å². The van der Waals surface area contributed by atoms with Gasteiger partial charge >= 0.3 is 0 Å². The number of para-hydroxylation sites is 1. The Bertz CT molecular complexity index is 388. The molecule has 0 spiro atoms. The van der Waals surface area contributed by atoms with Gasteiger partial charge in [-0.1, -0.05) is 19.9 Å². The molecule has 0 aromatic heterocycles. The van der Waals surface area contributed by atoms with E-state index in [1.165, 1.54) is 0 Å². The minimum atomic E-state index is 0.451. The number of anilines is 1. The zero-order chi connectivity index (χ0) is 14.1. The van der Waals surface area contributed by atoms with Crippen molar-refractivity contribution in [2.24, 2.45) is 0 Å². The number of methoxy groups -OCH3 is 1. The van der Waals surface area contributed by atoms with Gasteiger partial charge in [-0.25, -0.2) is 0 Å². The van der Waals surface area contributed by atoms with Gasteiger partial charge in [-0.05, 0) is 38.1 Å². The van der Waals surface area contributed by atoms with Crippen LogP contribution in [0, 0.1) is 0 Å². The number of benzene rings is 1. The number of rotatable bonds is 4. The fourth-order valence-electron chi connectivity index (χ4n) is 2.18. The minimum Gasteiger partial charge on any atom is -0.494 e. The number of nitrogens with one attached hydrogen (secondary N) is 2. The summed E-state index contributed by atoms with van der Waals surface area (Å²) in [7, 11) is 1.59. The Balaban J connectivity index is 0.000000861. The number of carbonyl (C=O) groups excluding carboxylic acids is 1. The molecule has 106 valence electrons. The molecule has 0 aliphatic carbocycles. The maximum atomic E-state index is 10.9. The molecule has 19 heavy (non-hydrogen) atoms. The Labute approximate surface area is 115 Å². The highest BCUT2D eigenvalue weighted by molar-refractivity contribution is 5.83. The Morgan fingerprint density at radius 3 is 2.58 bits per heavy atom. The van der Waals surface area contributed by atoms with Crippen molar-refractivity contribution in [1.29, 1.82) is 0 Å². The van der Waals surface area contributed by atoms with Crippen molar-refractivity contribution in [2.75, 3.05) is 25.5 Å². The summed E-state index contributed by atoms with van der Waals surface area (Å²) in [5.41, 5.74) is 1.50. The van der Waals surface area contributed by atoms with Crippen LogP contribution in [0.2, 0.25) is 0 Å². The first-order valence-electron chi connectivity index (χ1n) is 6.94. The predicted octanol–water partition coefficient (Wildman–Crippen LogP) is 2.70. The summed E-state index contributed by atoms with van der Waals surface area (Å²) >= 11 is 0. The Morgan fingerprint density at radius 2 is 2.00 bits per heavy atom. The van der Waals surface area contributed by atoms with Crippen molar-refractivity contribution in [3.05, 3.63) is 23.8 Å². The molecule has 0 saturated carbocycles. The van der Waals surface area contributed by atoms with Gasteiger partial charge in [-0.2, -0.15) is 0 Å². The second-order valence-electron chi connectivity index (χ2n) is 4.21. The van der Waals surface area contributed by atoms with E-state index in [0.717, 1.165) is 37.9 Å². The van der Waals surface area contributed by atoms with Gasteiger partial charge < -0.3 is 15.4 Å². The molecule has 1 aliphatic rings. The largest absolute Gasteiger partial charge is 0.494 e. The van der Waals surface area contributed by atoms with Gasteiger partial charge in [0.05, 0.1) is 18.4 Å². The number of carbonyl (C=O) groups is 1.